The molecule has 0 aliphatic carbocycles. The molecule has 0 unspecified atom stereocenters. The molecule has 0 radical (unpaired) electrons. The minimum Gasteiger partial charge on any atom is -0.370 e. The van der Waals surface area contributed by atoms with E-state index in [-0.39, 0.29) is 0 Å². The molecule has 98 valence electrons. The van der Waals surface area contributed by atoms with Crippen LogP contribution in [0.2, 0.25) is 0 Å². The number of alkyl halides is 1. The molecule has 1 amide bonds. The number of hydrogen-bond donors (Lipinski definition) is 2. The molecule has 2 atom stereocenters. The van der Waals surface area contributed by atoms with Crippen molar-refractivity contribution >= 4 is 5.91 Å². The van der Waals surface area contributed by atoms with Gasteiger partial charge in [0.15, 0.2) is 12.4 Å². The van der Waals surface area contributed by atoms with E-state index in [2.05, 4.69) is 5.32 Å². The number of carbonyl (C=O) groups is 1. The van der Waals surface area contributed by atoms with Crippen LogP contribution in [0.1, 0.15) is 22.1 Å². The van der Waals surface area contributed by atoms with Gasteiger partial charge in [0.1, 0.15) is 0 Å². The molecule has 0 aliphatic rings. The Kier molecular flexibility index (Phi) is 4.26. The second-order valence-electron chi connectivity index (χ2n) is 4.10. The second kappa shape index (κ2) is 6.11. The number of carbonyl (C=O) groups excluding carboxylic acids is 1. The highest BCUT2D eigenvalue weighted by Gasteiger charge is 2.22. The van der Waals surface area contributed by atoms with Gasteiger partial charge in [0.05, 0.1) is 0 Å². The molecule has 0 spiro atoms. The third kappa shape index (κ3) is 3.39. The average Bonchev–Trinajstić information content (AvgIpc) is 2.48. The zero-order chi connectivity index (χ0) is 13.7. The predicted octanol–water partition coefficient (Wildman–Crippen LogP) is 2.45. The maximum absolute atomic E-state index is 13.9. The Morgan fingerprint density at radius 2 is 1.53 bits per heavy atom. The molecule has 0 saturated heterocycles. The Morgan fingerprint density at radius 3 is 2.11 bits per heavy atom. The summed E-state index contributed by atoms with van der Waals surface area (Å²) < 4.78 is 13.9. The van der Waals surface area contributed by atoms with E-state index in [1.54, 1.807) is 60.7 Å². The van der Waals surface area contributed by atoms with Crippen molar-refractivity contribution in [2.24, 2.45) is 0 Å². The molecule has 0 aromatic heterocycles. The summed E-state index contributed by atoms with van der Waals surface area (Å²) in [5.41, 5.74) is 0.699. The Morgan fingerprint density at radius 1 is 1.00 bits per heavy atom. The average molecular weight is 259 g/mol. The number of nitrogens with one attached hydrogen (secondary N) is 1. The summed E-state index contributed by atoms with van der Waals surface area (Å²) in [6, 6.07) is 16.6. The zero-order valence-electron chi connectivity index (χ0n) is 10.2. The summed E-state index contributed by atoms with van der Waals surface area (Å²) in [6.07, 6.45) is -3.23. The largest absolute Gasteiger partial charge is 0.370 e. The second-order valence-corrected chi connectivity index (χ2v) is 4.10. The van der Waals surface area contributed by atoms with Gasteiger partial charge in [-0.1, -0.05) is 48.5 Å². The minimum atomic E-state index is -1.66. The third-order valence-corrected chi connectivity index (χ3v) is 2.71. The molecular weight excluding hydrogens is 245 g/mol. The molecule has 0 bridgehead atoms. The first-order valence-corrected chi connectivity index (χ1v) is 5.91. The quantitative estimate of drug-likeness (QED) is 0.829. The van der Waals surface area contributed by atoms with Crippen LogP contribution in [0.15, 0.2) is 60.7 Å². The van der Waals surface area contributed by atoms with Crippen LogP contribution in [-0.2, 0) is 0 Å². The summed E-state index contributed by atoms with van der Waals surface area (Å²) in [5.74, 6) is -0.508. The van der Waals surface area contributed by atoms with Gasteiger partial charge < -0.3 is 10.4 Å². The van der Waals surface area contributed by atoms with Crippen molar-refractivity contribution in [2.75, 3.05) is 0 Å². The van der Waals surface area contributed by atoms with Crippen LogP contribution in [0, 0.1) is 0 Å². The number of benzene rings is 2. The molecule has 2 aromatic rings. The van der Waals surface area contributed by atoms with Crippen LogP contribution in [0.5, 0.6) is 0 Å². The smallest absolute Gasteiger partial charge is 0.253 e. The molecule has 2 aromatic carbocycles. The Labute approximate surface area is 110 Å². The van der Waals surface area contributed by atoms with Crippen LogP contribution in [0.25, 0.3) is 0 Å². The minimum absolute atomic E-state index is 0.323. The van der Waals surface area contributed by atoms with Crippen LogP contribution in [-0.4, -0.2) is 17.2 Å². The molecular formula is C15H14FNO2. The standard InChI is InChI=1S/C15H14FNO2/c16-13(11-7-3-1-4-8-11)15(19)17-14(18)12-9-5-2-6-10-12/h1-10,13,15,19H,(H,17,18)/t13-,15+/m0/s1. The molecule has 0 heterocycles. The third-order valence-electron chi connectivity index (χ3n) is 2.71. The summed E-state index contributed by atoms with van der Waals surface area (Å²) >= 11 is 0. The van der Waals surface area contributed by atoms with Gasteiger partial charge in [0.2, 0.25) is 0 Å². The number of amides is 1. The van der Waals surface area contributed by atoms with E-state index in [1.165, 1.54) is 0 Å². The van der Waals surface area contributed by atoms with Crippen molar-refractivity contribution in [3.05, 3.63) is 71.8 Å². The lowest BCUT2D eigenvalue weighted by Crippen LogP contribution is -2.37. The maximum Gasteiger partial charge on any atom is 0.253 e. The normalized spacial score (nSPS) is 13.6. The van der Waals surface area contributed by atoms with E-state index in [0.29, 0.717) is 11.1 Å². The van der Waals surface area contributed by atoms with Gasteiger partial charge in [-0.25, -0.2) is 4.39 Å². The highest BCUT2D eigenvalue weighted by molar-refractivity contribution is 5.94. The predicted molar refractivity (Wildman–Crippen MR) is 70.2 cm³/mol. The molecule has 4 heteroatoms. The van der Waals surface area contributed by atoms with Gasteiger partial charge in [-0.15, -0.1) is 0 Å². The van der Waals surface area contributed by atoms with Crippen molar-refractivity contribution < 1.29 is 14.3 Å². The van der Waals surface area contributed by atoms with Gasteiger partial charge in [-0.05, 0) is 17.7 Å². The van der Waals surface area contributed by atoms with Crippen molar-refractivity contribution in [1.82, 2.24) is 5.32 Å². The van der Waals surface area contributed by atoms with Crippen molar-refractivity contribution in [3.63, 3.8) is 0 Å². The molecule has 0 fully saturated rings. The first-order valence-electron chi connectivity index (χ1n) is 5.91. The lowest BCUT2D eigenvalue weighted by Gasteiger charge is -2.17. The van der Waals surface area contributed by atoms with Gasteiger partial charge in [0, 0.05) is 5.56 Å². The topological polar surface area (TPSA) is 49.3 Å². The molecule has 2 N–H and O–H groups in total. The fraction of sp³-hybridized carbons (Fsp3) is 0.133. The van der Waals surface area contributed by atoms with Gasteiger partial charge >= 0.3 is 0 Å². The summed E-state index contributed by atoms with van der Waals surface area (Å²) in [7, 11) is 0. The van der Waals surface area contributed by atoms with Crippen LogP contribution in [0.3, 0.4) is 0 Å². The van der Waals surface area contributed by atoms with E-state index >= 15 is 0 Å². The number of aliphatic hydroxyl groups is 1. The SMILES string of the molecule is O=C(N[C@H](O)[C@@H](F)c1ccccc1)c1ccccc1. The maximum atomic E-state index is 13.9. The number of rotatable bonds is 4. The lowest BCUT2D eigenvalue weighted by atomic mass is 10.1. The van der Waals surface area contributed by atoms with Crippen LogP contribution < -0.4 is 5.32 Å². The first kappa shape index (κ1) is 13.2. The van der Waals surface area contributed by atoms with E-state index < -0.39 is 18.3 Å². The van der Waals surface area contributed by atoms with Gasteiger partial charge in [0.25, 0.3) is 5.91 Å². The van der Waals surface area contributed by atoms with Crippen molar-refractivity contribution in [1.29, 1.82) is 0 Å². The summed E-state index contributed by atoms with van der Waals surface area (Å²) in [6.45, 7) is 0. The van der Waals surface area contributed by atoms with E-state index in [9.17, 15) is 14.3 Å². The van der Waals surface area contributed by atoms with Crippen molar-refractivity contribution in [2.45, 2.75) is 12.4 Å². The monoisotopic (exact) mass is 259 g/mol. The lowest BCUT2D eigenvalue weighted by molar-refractivity contribution is 0.0421. The molecule has 0 saturated carbocycles. The highest BCUT2D eigenvalue weighted by Crippen LogP contribution is 2.19. The van der Waals surface area contributed by atoms with Gasteiger partial charge in [-0.3, -0.25) is 4.79 Å². The van der Waals surface area contributed by atoms with Crippen molar-refractivity contribution in [3.8, 4) is 0 Å². The Bertz CT molecular complexity index is 530. The number of aliphatic hydroxyl groups excluding tert-OH is 1. The molecule has 2 rings (SSSR count). The number of halogens is 1. The fourth-order valence-electron chi connectivity index (χ4n) is 1.70. The molecule has 0 aliphatic heterocycles. The van der Waals surface area contributed by atoms with E-state index in [4.69, 9.17) is 0 Å². The van der Waals surface area contributed by atoms with E-state index in [1.807, 2.05) is 0 Å². The Balaban J connectivity index is 2.02. The molecule has 3 nitrogen and oxygen atoms in total. The van der Waals surface area contributed by atoms with E-state index in [0.717, 1.165) is 0 Å². The number of hydrogen-bond acceptors (Lipinski definition) is 2. The Hall–Kier alpha value is -2.20. The fourth-order valence-corrected chi connectivity index (χ4v) is 1.70. The summed E-state index contributed by atoms with van der Waals surface area (Å²) in [5, 5.41) is 11.9. The zero-order valence-corrected chi connectivity index (χ0v) is 10.2. The summed E-state index contributed by atoms with van der Waals surface area (Å²) in [4.78, 5) is 11.8. The highest BCUT2D eigenvalue weighted by atomic mass is 19.1. The van der Waals surface area contributed by atoms with Gasteiger partial charge in [-0.2, -0.15) is 0 Å². The van der Waals surface area contributed by atoms with Crippen LogP contribution >= 0.6 is 0 Å². The first-order chi connectivity index (χ1) is 9.18. The molecule has 19 heavy (non-hydrogen) atoms. The van der Waals surface area contributed by atoms with Crippen LogP contribution in [0.4, 0.5) is 4.39 Å².